The van der Waals surface area contributed by atoms with Gasteiger partial charge in [0, 0.05) is 11.5 Å². The van der Waals surface area contributed by atoms with Crippen LogP contribution < -0.4 is 10.7 Å². The molecule has 2 unspecified atom stereocenters. The molecule has 2 aromatic carbocycles. The summed E-state index contributed by atoms with van der Waals surface area (Å²) in [5.41, 5.74) is 8.65. The molecular formula is C30H45N3O2. The number of nitrogens with zero attached hydrogens (tertiary/aromatic N) is 1. The van der Waals surface area contributed by atoms with E-state index in [1.54, 1.807) is 0 Å². The molecule has 5 heteroatoms. The van der Waals surface area contributed by atoms with Gasteiger partial charge >= 0.3 is 0 Å². The molecule has 5 nitrogen and oxygen atoms in total. The van der Waals surface area contributed by atoms with Crippen LogP contribution in [0.25, 0.3) is 5.70 Å². The van der Waals surface area contributed by atoms with E-state index in [4.69, 9.17) is 9.84 Å². The second-order valence-corrected chi connectivity index (χ2v) is 8.29. The van der Waals surface area contributed by atoms with Crippen LogP contribution in [0.4, 0.5) is 0 Å². The summed E-state index contributed by atoms with van der Waals surface area (Å²) in [6.45, 7) is 8.84. The number of carbonyl (C=O) groups excluding carboxylic acids is 1. The van der Waals surface area contributed by atoms with E-state index in [1.165, 1.54) is 6.42 Å². The van der Waals surface area contributed by atoms with E-state index in [0.29, 0.717) is 6.47 Å². The molecule has 35 heavy (non-hydrogen) atoms. The first kappa shape index (κ1) is 30.1. The topological polar surface area (TPSA) is 62.7 Å². The van der Waals surface area contributed by atoms with E-state index in [-0.39, 0.29) is 12.0 Å². The third-order valence-electron chi connectivity index (χ3n) is 5.44. The zero-order chi connectivity index (χ0) is 25.9. The lowest BCUT2D eigenvalue weighted by Gasteiger charge is -2.35. The van der Waals surface area contributed by atoms with E-state index >= 15 is 0 Å². The number of hydrazone groups is 1. The number of rotatable bonds is 4. The fourth-order valence-electron chi connectivity index (χ4n) is 4.19. The molecule has 1 aliphatic carbocycles. The van der Waals surface area contributed by atoms with Crippen molar-refractivity contribution in [2.45, 2.75) is 72.3 Å². The molecule has 2 atom stereocenters. The molecule has 1 fully saturated rings. The Hall–Kier alpha value is -2.92. The van der Waals surface area contributed by atoms with Crippen molar-refractivity contribution in [3.05, 3.63) is 77.4 Å². The zero-order valence-corrected chi connectivity index (χ0v) is 22.5. The molecule has 1 saturated carbocycles. The van der Waals surface area contributed by atoms with Gasteiger partial charge in [0.25, 0.3) is 6.47 Å². The Kier molecular flexibility index (Phi) is 15.8. The molecule has 2 aliphatic rings. The molecule has 0 amide bonds. The summed E-state index contributed by atoms with van der Waals surface area (Å²) in [6.07, 6.45) is 6.26. The molecule has 0 aromatic heterocycles. The molecule has 0 spiro atoms. The van der Waals surface area contributed by atoms with Gasteiger partial charge in [0.2, 0.25) is 0 Å². The lowest BCUT2D eigenvalue weighted by molar-refractivity contribution is -0.132. The van der Waals surface area contributed by atoms with Gasteiger partial charge in [-0.15, -0.1) is 0 Å². The first-order valence-corrected chi connectivity index (χ1v) is 13.1. The van der Waals surface area contributed by atoms with Crippen molar-refractivity contribution >= 4 is 17.9 Å². The average Bonchev–Trinajstić information content (AvgIpc) is 2.89. The summed E-state index contributed by atoms with van der Waals surface area (Å²) in [6, 6.07) is 20.5. The molecule has 1 heterocycles. The Labute approximate surface area is 213 Å². The molecule has 0 saturated heterocycles. The highest BCUT2D eigenvalue weighted by Crippen LogP contribution is 2.38. The lowest BCUT2D eigenvalue weighted by Crippen LogP contribution is -2.35. The predicted molar refractivity (Wildman–Crippen MR) is 149 cm³/mol. The Bertz CT molecular complexity index is 877. The van der Waals surface area contributed by atoms with E-state index in [0.717, 1.165) is 60.2 Å². The van der Waals surface area contributed by atoms with Crippen LogP contribution in [0.1, 0.15) is 77.3 Å². The van der Waals surface area contributed by atoms with E-state index in [2.05, 4.69) is 48.9 Å². The van der Waals surface area contributed by atoms with Crippen molar-refractivity contribution in [3.63, 3.8) is 0 Å². The van der Waals surface area contributed by atoms with Crippen molar-refractivity contribution in [1.82, 2.24) is 10.7 Å². The van der Waals surface area contributed by atoms with Crippen LogP contribution in [-0.4, -0.2) is 32.4 Å². The predicted octanol–water partition coefficient (Wildman–Crippen LogP) is 6.81. The van der Waals surface area contributed by atoms with Crippen LogP contribution in [0.2, 0.25) is 0 Å². The Balaban J connectivity index is 0.000000683. The van der Waals surface area contributed by atoms with Gasteiger partial charge < -0.3 is 10.1 Å². The van der Waals surface area contributed by atoms with Gasteiger partial charge in [-0.1, -0.05) is 108 Å². The number of fused-ring (bicyclic) bond motifs is 1. The fourth-order valence-corrected chi connectivity index (χ4v) is 4.19. The van der Waals surface area contributed by atoms with Crippen LogP contribution in [0, 0.1) is 5.92 Å². The Morgan fingerprint density at radius 1 is 0.914 bits per heavy atom. The largest absolute Gasteiger partial charge is 0.460 e. The van der Waals surface area contributed by atoms with Crippen molar-refractivity contribution in [2.24, 2.45) is 11.0 Å². The highest BCUT2D eigenvalue weighted by molar-refractivity contribution is 6.06. The van der Waals surface area contributed by atoms with Gasteiger partial charge in [0.05, 0.1) is 11.4 Å². The number of hydrogen-bond donors (Lipinski definition) is 2. The molecule has 192 valence electrons. The number of benzene rings is 2. The van der Waals surface area contributed by atoms with Gasteiger partial charge in [-0.05, 0) is 44.5 Å². The first-order valence-electron chi connectivity index (χ1n) is 13.1. The highest BCUT2D eigenvalue weighted by atomic mass is 16.5. The number of ether oxygens (including phenoxy) is 1. The van der Waals surface area contributed by atoms with E-state index in [9.17, 15) is 4.79 Å². The number of hydrogen-bond acceptors (Lipinski definition) is 5. The molecular weight excluding hydrogens is 434 g/mol. The second-order valence-electron chi connectivity index (χ2n) is 8.29. The average molecular weight is 480 g/mol. The molecule has 0 radical (unpaired) electrons. The number of nitrogens with one attached hydrogen (secondary N) is 2. The third kappa shape index (κ3) is 9.33. The lowest BCUT2D eigenvalue weighted by atomic mass is 9.77. The Morgan fingerprint density at radius 2 is 1.43 bits per heavy atom. The van der Waals surface area contributed by atoms with E-state index in [1.807, 2.05) is 64.3 Å². The van der Waals surface area contributed by atoms with Crippen molar-refractivity contribution in [1.29, 1.82) is 0 Å². The minimum absolute atomic E-state index is 0.147. The minimum Gasteiger partial charge on any atom is -0.460 e. The fraction of sp³-hybridized carbons (Fsp3) is 0.467. The monoisotopic (exact) mass is 479 g/mol. The van der Waals surface area contributed by atoms with Crippen LogP contribution >= 0.6 is 0 Å². The molecule has 1 aliphatic heterocycles. The molecule has 4 rings (SSSR count). The quantitative estimate of drug-likeness (QED) is 0.473. The maximum atomic E-state index is 11.2. The van der Waals surface area contributed by atoms with Crippen molar-refractivity contribution < 1.29 is 9.53 Å². The Morgan fingerprint density at radius 3 is 1.97 bits per heavy atom. The summed E-state index contributed by atoms with van der Waals surface area (Å²) in [5, 5.41) is 7.52. The summed E-state index contributed by atoms with van der Waals surface area (Å²) in [7, 11) is 3.75. The summed E-state index contributed by atoms with van der Waals surface area (Å²) in [4.78, 5) is 11.2. The summed E-state index contributed by atoms with van der Waals surface area (Å²) < 4.78 is 5.59. The maximum Gasteiger partial charge on any atom is 0.293 e. The van der Waals surface area contributed by atoms with Crippen molar-refractivity contribution in [2.75, 3.05) is 14.1 Å². The number of carbonyl (C=O) groups is 1. The van der Waals surface area contributed by atoms with Gasteiger partial charge in [0.1, 0.15) is 6.10 Å². The van der Waals surface area contributed by atoms with E-state index < -0.39 is 0 Å². The van der Waals surface area contributed by atoms with Crippen LogP contribution in [0.5, 0.6) is 0 Å². The van der Waals surface area contributed by atoms with Crippen LogP contribution in [0.3, 0.4) is 0 Å². The minimum atomic E-state index is -0.218. The van der Waals surface area contributed by atoms with Gasteiger partial charge in [0.15, 0.2) is 0 Å². The normalized spacial score (nSPS) is 18.6. The first-order chi connectivity index (χ1) is 17.2. The zero-order valence-electron chi connectivity index (χ0n) is 22.5. The smallest absolute Gasteiger partial charge is 0.293 e. The standard InChI is InChI=1S/C23H24N2O2.C3H8.C2H7N.C2H6/c26-16-27-20-15-9-3-8-14-19-21(20)23(18-12-6-2-7-13-18)25-24-22(19)17-10-4-1-5-11-17;2*1-3-2;1-2/h1-2,4-7,10-13,16,19-20,25H,3,8-9,14-15H2;3H2,1-2H3;3H,1-2H3;1-2H3. The van der Waals surface area contributed by atoms with Crippen LogP contribution in [0.15, 0.2) is 71.3 Å². The van der Waals surface area contributed by atoms with Gasteiger partial charge in [-0.3, -0.25) is 10.2 Å². The SMILES string of the molecule is CC.CCC.CNC.O=COC1CCCCCC2C(c3ccccc3)=NNC(c3ccccc3)=C12. The molecule has 2 N–H and O–H groups in total. The van der Waals surface area contributed by atoms with Gasteiger partial charge in [-0.2, -0.15) is 5.10 Å². The molecule has 0 bridgehead atoms. The highest BCUT2D eigenvalue weighted by Gasteiger charge is 2.35. The van der Waals surface area contributed by atoms with Crippen LogP contribution in [-0.2, 0) is 9.53 Å². The summed E-state index contributed by atoms with van der Waals surface area (Å²) in [5.74, 6) is 0.147. The molecule has 2 aromatic rings. The maximum absolute atomic E-state index is 11.2. The van der Waals surface area contributed by atoms with Crippen molar-refractivity contribution in [3.8, 4) is 0 Å². The summed E-state index contributed by atoms with van der Waals surface area (Å²) >= 11 is 0. The third-order valence-corrected chi connectivity index (χ3v) is 5.44. The second kappa shape index (κ2) is 18.4. The van der Waals surface area contributed by atoms with Gasteiger partial charge in [-0.25, -0.2) is 0 Å².